The van der Waals surface area contributed by atoms with Crippen molar-refractivity contribution < 1.29 is 14.3 Å². The average molecular weight is 400 g/mol. The Morgan fingerprint density at radius 2 is 1.69 bits per heavy atom. The summed E-state index contributed by atoms with van der Waals surface area (Å²) in [4.78, 5) is 29.4. The zero-order valence-corrected chi connectivity index (χ0v) is 16.1. The number of hydrogen-bond acceptors (Lipinski definition) is 5. The van der Waals surface area contributed by atoms with Crippen LogP contribution in [-0.4, -0.2) is 16.9 Å². The SMILES string of the molecule is O=C(C[C@@H]1OC(=O)c2ccccc21)Nc1ccccc1-c1nc2ccccc2s1. The van der Waals surface area contributed by atoms with E-state index in [1.807, 2.05) is 60.7 Å². The molecule has 0 radical (unpaired) electrons. The second-order valence-corrected chi connectivity index (χ2v) is 7.80. The molecule has 6 heteroatoms. The van der Waals surface area contributed by atoms with Crippen molar-refractivity contribution in [1.82, 2.24) is 4.98 Å². The van der Waals surface area contributed by atoms with Crippen LogP contribution >= 0.6 is 11.3 Å². The number of amides is 1. The minimum Gasteiger partial charge on any atom is -0.453 e. The number of cyclic esters (lactones) is 1. The summed E-state index contributed by atoms with van der Waals surface area (Å²) in [5.41, 5.74) is 3.77. The molecule has 0 unspecified atom stereocenters. The fraction of sp³-hybridized carbons (Fsp3) is 0.0870. The second-order valence-electron chi connectivity index (χ2n) is 6.77. The first kappa shape index (κ1) is 17.6. The van der Waals surface area contributed by atoms with Gasteiger partial charge in [-0.05, 0) is 30.3 Å². The molecule has 142 valence electrons. The predicted molar refractivity (Wildman–Crippen MR) is 113 cm³/mol. The van der Waals surface area contributed by atoms with Gasteiger partial charge in [-0.25, -0.2) is 9.78 Å². The molecule has 1 aliphatic heterocycles. The number of hydrogen-bond donors (Lipinski definition) is 1. The number of carbonyl (C=O) groups excluding carboxylic acids is 2. The zero-order valence-electron chi connectivity index (χ0n) is 15.3. The van der Waals surface area contributed by atoms with E-state index in [1.165, 1.54) is 0 Å². The summed E-state index contributed by atoms with van der Waals surface area (Å²) in [5.74, 6) is -0.596. The first-order valence-electron chi connectivity index (χ1n) is 9.24. The van der Waals surface area contributed by atoms with Crippen molar-refractivity contribution in [2.45, 2.75) is 12.5 Å². The first-order valence-corrected chi connectivity index (χ1v) is 10.1. The molecule has 0 saturated heterocycles. The van der Waals surface area contributed by atoms with E-state index in [-0.39, 0.29) is 18.3 Å². The average Bonchev–Trinajstić information content (AvgIpc) is 3.30. The molecule has 4 aromatic rings. The van der Waals surface area contributed by atoms with Crippen LogP contribution in [0.4, 0.5) is 5.69 Å². The first-order chi connectivity index (χ1) is 14.2. The Morgan fingerprint density at radius 3 is 2.55 bits per heavy atom. The van der Waals surface area contributed by atoms with E-state index in [0.29, 0.717) is 11.3 Å². The maximum Gasteiger partial charge on any atom is 0.339 e. The summed E-state index contributed by atoms with van der Waals surface area (Å²) in [6, 6.07) is 22.7. The van der Waals surface area contributed by atoms with Crippen LogP contribution < -0.4 is 5.32 Å². The number of benzene rings is 3. The highest BCUT2D eigenvalue weighted by atomic mass is 32.1. The zero-order chi connectivity index (χ0) is 19.8. The molecule has 1 N–H and O–H groups in total. The molecule has 0 bridgehead atoms. The van der Waals surface area contributed by atoms with Gasteiger partial charge in [-0.15, -0.1) is 11.3 Å². The van der Waals surface area contributed by atoms with Crippen molar-refractivity contribution in [3.8, 4) is 10.6 Å². The molecule has 1 atom stereocenters. The molecule has 0 spiro atoms. The van der Waals surface area contributed by atoms with Crippen LogP contribution in [0.2, 0.25) is 0 Å². The molecule has 1 aliphatic rings. The Morgan fingerprint density at radius 1 is 0.966 bits per heavy atom. The fourth-order valence-electron chi connectivity index (χ4n) is 3.51. The van der Waals surface area contributed by atoms with Gasteiger partial charge in [-0.2, -0.15) is 0 Å². The molecule has 5 rings (SSSR count). The second kappa shape index (κ2) is 7.14. The highest BCUT2D eigenvalue weighted by molar-refractivity contribution is 7.21. The van der Waals surface area contributed by atoms with Crippen molar-refractivity contribution in [2.75, 3.05) is 5.32 Å². The van der Waals surface area contributed by atoms with Gasteiger partial charge in [-0.1, -0.05) is 42.5 Å². The summed E-state index contributed by atoms with van der Waals surface area (Å²) < 4.78 is 6.48. The Balaban J connectivity index is 1.39. The van der Waals surface area contributed by atoms with Gasteiger partial charge in [0, 0.05) is 11.1 Å². The number of thiazole rings is 1. The van der Waals surface area contributed by atoms with Gasteiger partial charge in [0.05, 0.1) is 27.9 Å². The number of rotatable bonds is 4. The molecular formula is C23H16N2O3S. The summed E-state index contributed by atoms with van der Waals surface area (Å²) in [7, 11) is 0. The number of nitrogens with zero attached hydrogens (tertiary/aromatic N) is 1. The summed E-state index contributed by atoms with van der Waals surface area (Å²) in [6.45, 7) is 0. The lowest BCUT2D eigenvalue weighted by Crippen LogP contribution is -2.16. The predicted octanol–water partition coefficient (Wildman–Crippen LogP) is 5.20. The monoisotopic (exact) mass is 400 g/mol. The van der Waals surface area contributed by atoms with Gasteiger partial charge in [-0.3, -0.25) is 4.79 Å². The van der Waals surface area contributed by atoms with Crippen molar-refractivity contribution in [1.29, 1.82) is 0 Å². The van der Waals surface area contributed by atoms with Crippen molar-refractivity contribution >= 4 is 39.1 Å². The minimum absolute atomic E-state index is 0.0664. The maximum absolute atomic E-state index is 12.7. The van der Waals surface area contributed by atoms with Crippen LogP contribution in [0.5, 0.6) is 0 Å². The van der Waals surface area contributed by atoms with Gasteiger partial charge < -0.3 is 10.1 Å². The maximum atomic E-state index is 12.7. The number of fused-ring (bicyclic) bond motifs is 2. The molecule has 1 amide bonds. The molecule has 29 heavy (non-hydrogen) atoms. The van der Waals surface area contributed by atoms with Gasteiger partial charge in [0.25, 0.3) is 0 Å². The molecule has 3 aromatic carbocycles. The highest BCUT2D eigenvalue weighted by Gasteiger charge is 2.32. The van der Waals surface area contributed by atoms with Crippen molar-refractivity contribution in [3.05, 3.63) is 83.9 Å². The number of carbonyl (C=O) groups is 2. The number of esters is 1. The third kappa shape index (κ3) is 3.28. The van der Waals surface area contributed by atoms with Gasteiger partial charge in [0.1, 0.15) is 11.1 Å². The summed E-state index contributed by atoms with van der Waals surface area (Å²) >= 11 is 1.58. The molecule has 2 heterocycles. The number of aromatic nitrogens is 1. The van der Waals surface area contributed by atoms with Gasteiger partial charge in [0.2, 0.25) is 5.91 Å². The highest BCUT2D eigenvalue weighted by Crippen LogP contribution is 2.36. The summed E-state index contributed by atoms with van der Waals surface area (Å²) in [5, 5.41) is 3.81. The Bertz CT molecular complexity index is 1210. The van der Waals surface area contributed by atoms with E-state index in [2.05, 4.69) is 5.32 Å². The molecule has 1 aromatic heterocycles. The lowest BCUT2D eigenvalue weighted by atomic mass is 10.0. The van der Waals surface area contributed by atoms with Crippen LogP contribution in [0.1, 0.15) is 28.4 Å². The molecule has 0 fully saturated rings. The third-order valence-corrected chi connectivity index (χ3v) is 5.94. The molecule has 0 saturated carbocycles. The third-order valence-electron chi connectivity index (χ3n) is 4.87. The summed E-state index contributed by atoms with van der Waals surface area (Å²) in [6.07, 6.45) is -0.495. The smallest absolute Gasteiger partial charge is 0.339 e. The normalized spacial score (nSPS) is 15.2. The van der Waals surface area contributed by atoms with Crippen LogP contribution in [0.15, 0.2) is 72.8 Å². The molecular weight excluding hydrogens is 384 g/mol. The largest absolute Gasteiger partial charge is 0.453 e. The quantitative estimate of drug-likeness (QED) is 0.478. The van der Waals surface area contributed by atoms with Crippen molar-refractivity contribution in [3.63, 3.8) is 0 Å². The Labute approximate surface area is 171 Å². The number of para-hydroxylation sites is 2. The molecule has 5 nitrogen and oxygen atoms in total. The number of nitrogens with one attached hydrogen (secondary N) is 1. The van der Waals surface area contributed by atoms with Crippen LogP contribution in [0, 0.1) is 0 Å². The topological polar surface area (TPSA) is 68.3 Å². The number of anilines is 1. The van der Waals surface area contributed by atoms with E-state index in [4.69, 9.17) is 9.72 Å². The van der Waals surface area contributed by atoms with Crippen LogP contribution in [0.3, 0.4) is 0 Å². The van der Waals surface area contributed by atoms with Crippen molar-refractivity contribution in [2.24, 2.45) is 0 Å². The number of ether oxygens (including phenoxy) is 1. The van der Waals surface area contributed by atoms with E-state index < -0.39 is 6.10 Å². The lowest BCUT2D eigenvalue weighted by Gasteiger charge is -2.13. The Hall–Kier alpha value is -3.51. The van der Waals surface area contributed by atoms with E-state index >= 15 is 0 Å². The van der Waals surface area contributed by atoms with E-state index in [0.717, 1.165) is 26.4 Å². The fourth-order valence-corrected chi connectivity index (χ4v) is 4.51. The van der Waals surface area contributed by atoms with E-state index in [9.17, 15) is 9.59 Å². The van der Waals surface area contributed by atoms with E-state index in [1.54, 1.807) is 23.5 Å². The Kier molecular flexibility index (Phi) is 4.33. The van der Waals surface area contributed by atoms with Crippen LogP contribution in [-0.2, 0) is 9.53 Å². The van der Waals surface area contributed by atoms with Crippen LogP contribution in [0.25, 0.3) is 20.8 Å². The van der Waals surface area contributed by atoms with Gasteiger partial charge >= 0.3 is 5.97 Å². The lowest BCUT2D eigenvalue weighted by molar-refractivity contribution is -0.118. The minimum atomic E-state index is -0.562. The standard InChI is InChI=1S/C23H16N2O3S/c26-21(13-19-14-7-1-2-8-15(14)23(27)28-19)24-17-10-4-3-9-16(17)22-25-18-11-5-6-12-20(18)29-22/h1-12,19H,13H2,(H,24,26)/t19-/m0/s1. The van der Waals surface area contributed by atoms with Gasteiger partial charge in [0.15, 0.2) is 0 Å². The molecule has 0 aliphatic carbocycles.